The van der Waals surface area contributed by atoms with E-state index in [4.69, 9.17) is 0 Å². The standard InChI is InChI=1S/C20H27N3O3/c1-19(2)12-8-9-20(19,3)15(10-12)21-22-16(24)11-23-17(25)13-6-4-5-7-14(13)18(23)26/h4-5,12-14H,6-11H2,1-3H3,(H,22,24)/b21-15+. The zero-order valence-electron chi connectivity index (χ0n) is 15.7. The second kappa shape index (κ2) is 5.76. The average molecular weight is 357 g/mol. The summed E-state index contributed by atoms with van der Waals surface area (Å²) >= 11 is 0. The van der Waals surface area contributed by atoms with E-state index in [1.807, 2.05) is 12.2 Å². The number of carbonyl (C=O) groups is 3. The molecule has 0 spiro atoms. The molecule has 3 aliphatic carbocycles. The summed E-state index contributed by atoms with van der Waals surface area (Å²) in [6, 6.07) is 0. The summed E-state index contributed by atoms with van der Waals surface area (Å²) < 4.78 is 0. The van der Waals surface area contributed by atoms with Crippen LogP contribution in [-0.4, -0.2) is 34.9 Å². The lowest BCUT2D eigenvalue weighted by atomic mass is 9.70. The topological polar surface area (TPSA) is 78.8 Å². The first kappa shape index (κ1) is 17.4. The molecule has 4 atom stereocenters. The van der Waals surface area contributed by atoms with Crippen molar-refractivity contribution in [3.05, 3.63) is 12.2 Å². The first-order valence-corrected chi connectivity index (χ1v) is 9.62. The van der Waals surface area contributed by atoms with Crippen molar-refractivity contribution in [1.29, 1.82) is 0 Å². The van der Waals surface area contributed by atoms with E-state index in [2.05, 4.69) is 31.3 Å². The fraction of sp³-hybridized carbons (Fsp3) is 0.700. The molecule has 4 rings (SSSR count). The highest BCUT2D eigenvalue weighted by Crippen LogP contribution is 2.63. The van der Waals surface area contributed by atoms with Crippen molar-refractivity contribution in [2.75, 3.05) is 6.54 Å². The fourth-order valence-corrected chi connectivity index (χ4v) is 5.43. The number of fused-ring (bicyclic) bond motifs is 3. The number of allylic oxidation sites excluding steroid dienone is 2. The van der Waals surface area contributed by atoms with Gasteiger partial charge in [0.2, 0.25) is 11.8 Å². The van der Waals surface area contributed by atoms with E-state index in [0.29, 0.717) is 18.8 Å². The second-order valence-electron chi connectivity index (χ2n) is 9.01. The van der Waals surface area contributed by atoms with E-state index >= 15 is 0 Å². The number of carbonyl (C=O) groups excluding carboxylic acids is 3. The third-order valence-electron chi connectivity index (χ3n) is 7.73. The minimum absolute atomic E-state index is 0.0187. The molecule has 2 bridgehead atoms. The van der Waals surface area contributed by atoms with Crippen LogP contribution in [-0.2, 0) is 14.4 Å². The monoisotopic (exact) mass is 357 g/mol. The lowest BCUT2D eigenvalue weighted by molar-refractivity contribution is -0.143. The molecule has 1 N–H and O–H groups in total. The molecule has 4 aliphatic rings. The van der Waals surface area contributed by atoms with Gasteiger partial charge in [-0.2, -0.15) is 5.10 Å². The van der Waals surface area contributed by atoms with Gasteiger partial charge in [-0.15, -0.1) is 0 Å². The van der Waals surface area contributed by atoms with Crippen molar-refractivity contribution in [2.24, 2.45) is 33.7 Å². The lowest BCUT2D eigenvalue weighted by Crippen LogP contribution is -2.40. The van der Waals surface area contributed by atoms with E-state index in [1.165, 1.54) is 6.42 Å². The summed E-state index contributed by atoms with van der Waals surface area (Å²) in [6.07, 6.45) is 8.29. The summed E-state index contributed by atoms with van der Waals surface area (Å²) in [7, 11) is 0. The molecule has 1 aliphatic heterocycles. The normalized spacial score (nSPS) is 39.0. The summed E-state index contributed by atoms with van der Waals surface area (Å²) in [4.78, 5) is 38.3. The lowest BCUT2D eigenvalue weighted by Gasteiger charge is -2.34. The maximum Gasteiger partial charge on any atom is 0.260 e. The molecule has 6 heteroatoms. The highest BCUT2D eigenvalue weighted by Gasteiger charge is 2.60. The van der Waals surface area contributed by atoms with Crippen LogP contribution in [0.3, 0.4) is 0 Å². The molecule has 1 saturated heterocycles. The minimum atomic E-state index is -0.394. The predicted molar refractivity (Wildman–Crippen MR) is 96.9 cm³/mol. The van der Waals surface area contributed by atoms with Crippen molar-refractivity contribution in [3.8, 4) is 0 Å². The molecule has 26 heavy (non-hydrogen) atoms. The smallest absolute Gasteiger partial charge is 0.260 e. The van der Waals surface area contributed by atoms with Gasteiger partial charge in [0.1, 0.15) is 6.54 Å². The van der Waals surface area contributed by atoms with Crippen LogP contribution in [0.25, 0.3) is 0 Å². The molecular formula is C20H27N3O3. The van der Waals surface area contributed by atoms with Gasteiger partial charge in [-0.3, -0.25) is 19.3 Å². The first-order chi connectivity index (χ1) is 12.3. The third kappa shape index (κ3) is 2.30. The Labute approximate surface area is 154 Å². The van der Waals surface area contributed by atoms with Crippen LogP contribution in [0, 0.1) is 28.6 Å². The van der Waals surface area contributed by atoms with Gasteiger partial charge in [0, 0.05) is 11.1 Å². The molecule has 0 aromatic heterocycles. The Morgan fingerprint density at radius 1 is 1.19 bits per heavy atom. The van der Waals surface area contributed by atoms with Crippen LogP contribution in [0.1, 0.15) is 52.9 Å². The fourth-order valence-electron chi connectivity index (χ4n) is 5.43. The number of hydrazone groups is 1. The Morgan fingerprint density at radius 2 is 1.81 bits per heavy atom. The average Bonchev–Trinajstić information content (AvgIpc) is 3.07. The molecule has 2 saturated carbocycles. The molecular weight excluding hydrogens is 330 g/mol. The van der Waals surface area contributed by atoms with Crippen LogP contribution in [0.5, 0.6) is 0 Å². The van der Waals surface area contributed by atoms with Gasteiger partial charge in [0.25, 0.3) is 5.91 Å². The zero-order chi connectivity index (χ0) is 18.7. The quantitative estimate of drug-likeness (QED) is 0.478. The number of nitrogens with one attached hydrogen (secondary N) is 1. The highest BCUT2D eigenvalue weighted by molar-refractivity contribution is 6.07. The molecule has 140 valence electrons. The number of hydrogen-bond acceptors (Lipinski definition) is 4. The van der Waals surface area contributed by atoms with Gasteiger partial charge >= 0.3 is 0 Å². The Kier molecular flexibility index (Phi) is 3.86. The maximum absolute atomic E-state index is 12.4. The first-order valence-electron chi connectivity index (χ1n) is 9.62. The van der Waals surface area contributed by atoms with E-state index in [9.17, 15) is 14.4 Å². The number of nitrogens with zero attached hydrogens (tertiary/aromatic N) is 2. The van der Waals surface area contributed by atoms with Gasteiger partial charge in [0.15, 0.2) is 0 Å². The van der Waals surface area contributed by atoms with Gasteiger partial charge in [-0.25, -0.2) is 5.43 Å². The highest BCUT2D eigenvalue weighted by atomic mass is 16.2. The van der Waals surface area contributed by atoms with Crippen molar-refractivity contribution in [1.82, 2.24) is 10.3 Å². The van der Waals surface area contributed by atoms with Crippen LogP contribution < -0.4 is 5.43 Å². The summed E-state index contributed by atoms with van der Waals surface area (Å²) in [5.74, 6) is -0.815. The largest absolute Gasteiger partial charge is 0.274 e. The Balaban J connectivity index is 1.41. The van der Waals surface area contributed by atoms with Crippen LogP contribution in [0.4, 0.5) is 0 Å². The molecule has 3 fully saturated rings. The molecule has 0 aromatic carbocycles. The van der Waals surface area contributed by atoms with E-state index < -0.39 is 5.91 Å². The van der Waals surface area contributed by atoms with E-state index in [-0.39, 0.29) is 41.0 Å². The summed E-state index contributed by atoms with van der Waals surface area (Å²) in [5, 5.41) is 4.41. The molecule has 0 aromatic rings. The van der Waals surface area contributed by atoms with E-state index in [1.54, 1.807) is 0 Å². The van der Waals surface area contributed by atoms with Crippen molar-refractivity contribution in [2.45, 2.75) is 52.9 Å². The molecule has 6 nitrogen and oxygen atoms in total. The Bertz CT molecular complexity index is 713. The molecule has 3 amide bonds. The van der Waals surface area contributed by atoms with Crippen LogP contribution in [0.2, 0.25) is 0 Å². The Hall–Kier alpha value is -1.98. The van der Waals surface area contributed by atoms with Crippen molar-refractivity contribution < 1.29 is 14.4 Å². The van der Waals surface area contributed by atoms with Crippen LogP contribution >= 0.6 is 0 Å². The predicted octanol–water partition coefficient (Wildman–Crippen LogP) is 2.26. The van der Waals surface area contributed by atoms with Crippen molar-refractivity contribution >= 4 is 23.4 Å². The second-order valence-corrected chi connectivity index (χ2v) is 9.01. The Morgan fingerprint density at radius 3 is 2.31 bits per heavy atom. The van der Waals surface area contributed by atoms with Crippen LogP contribution in [0.15, 0.2) is 17.3 Å². The summed E-state index contributed by atoms with van der Waals surface area (Å²) in [5.41, 5.74) is 3.87. The third-order valence-corrected chi connectivity index (χ3v) is 7.73. The molecule has 4 unspecified atom stereocenters. The number of likely N-dealkylation sites (tertiary alicyclic amines) is 1. The van der Waals surface area contributed by atoms with Gasteiger partial charge in [-0.05, 0) is 43.4 Å². The molecule has 0 radical (unpaired) electrons. The summed E-state index contributed by atoms with van der Waals surface area (Å²) in [6.45, 7) is 6.57. The van der Waals surface area contributed by atoms with E-state index in [0.717, 1.165) is 23.5 Å². The van der Waals surface area contributed by atoms with Crippen molar-refractivity contribution in [3.63, 3.8) is 0 Å². The van der Waals surface area contributed by atoms with Gasteiger partial charge < -0.3 is 0 Å². The molecule has 1 heterocycles. The number of hydrogen-bond donors (Lipinski definition) is 1. The van der Waals surface area contributed by atoms with Gasteiger partial charge in [0.05, 0.1) is 11.8 Å². The van der Waals surface area contributed by atoms with Gasteiger partial charge in [-0.1, -0.05) is 32.9 Å². The minimum Gasteiger partial charge on any atom is -0.274 e. The number of rotatable bonds is 3. The number of amides is 3. The maximum atomic E-state index is 12.4. The number of imide groups is 1. The zero-order valence-corrected chi connectivity index (χ0v) is 15.7. The SMILES string of the molecule is CC12CCC(C/C1=N\NC(=O)CN1C(=O)C3CC=CCC3C1=O)C2(C)C.